The number of anilines is 1. The molecule has 1 aromatic heterocycles. The number of carboxylic acid groups (broad SMARTS) is 1. The minimum atomic E-state index is -1.43. The molecule has 1 atom stereocenters. The Morgan fingerprint density at radius 1 is 1.39 bits per heavy atom. The molecule has 7 nitrogen and oxygen atoms in total. The van der Waals surface area contributed by atoms with Crippen molar-refractivity contribution in [1.82, 2.24) is 4.57 Å². The van der Waals surface area contributed by atoms with Gasteiger partial charge in [0.15, 0.2) is 5.82 Å². The van der Waals surface area contributed by atoms with E-state index in [9.17, 15) is 24.2 Å². The number of carboxylic acids is 1. The van der Waals surface area contributed by atoms with Crippen LogP contribution in [0.2, 0.25) is 0 Å². The Bertz CT molecular complexity index is 1030. The zero-order chi connectivity index (χ0) is 20.2. The average Bonchev–Trinajstić information content (AvgIpc) is 3.39. The molecule has 1 saturated heterocycles. The summed E-state index contributed by atoms with van der Waals surface area (Å²) in [4.78, 5) is 25.3. The Morgan fingerprint density at radius 2 is 2.11 bits per heavy atom. The van der Waals surface area contributed by atoms with Gasteiger partial charge in [-0.05, 0) is 25.3 Å². The largest absolute Gasteiger partial charge is 0.477 e. The van der Waals surface area contributed by atoms with E-state index in [1.807, 2.05) is 0 Å². The van der Waals surface area contributed by atoms with Gasteiger partial charge >= 0.3 is 5.97 Å². The Hall–Kier alpha value is -2.52. The summed E-state index contributed by atoms with van der Waals surface area (Å²) in [5, 5.41) is 19.5. The van der Waals surface area contributed by atoms with Gasteiger partial charge in [0.25, 0.3) is 0 Å². The van der Waals surface area contributed by atoms with E-state index in [0.29, 0.717) is 0 Å². The number of fused-ring (bicyclic) bond motifs is 1. The van der Waals surface area contributed by atoms with E-state index in [0.717, 1.165) is 25.1 Å². The molecule has 0 radical (unpaired) electrons. The number of aromatic carboxylic acids is 1. The summed E-state index contributed by atoms with van der Waals surface area (Å²) in [6.07, 6.45) is 2.87. The summed E-state index contributed by atoms with van der Waals surface area (Å²) in [5.74, 6) is -3.32. The summed E-state index contributed by atoms with van der Waals surface area (Å²) in [6.45, 7) is 0.246. The standard InChI is InChI=1S/C19H20F2N2O5/c1-28-9-19(27)4-5-22(8-19)16-13(20)6-11-15(14(16)21)23(10-2-3-10)7-12(17(11)24)18(25)26/h6-7,10,27H,2-5,8-9H2,1H3,(H,25,26). The van der Waals surface area contributed by atoms with Crippen molar-refractivity contribution in [3.8, 4) is 0 Å². The van der Waals surface area contributed by atoms with E-state index >= 15 is 4.39 Å². The van der Waals surface area contributed by atoms with Crippen molar-refractivity contribution >= 4 is 22.6 Å². The molecule has 2 N–H and O–H groups in total. The quantitative estimate of drug-likeness (QED) is 0.805. The molecule has 4 rings (SSSR count). The Balaban J connectivity index is 1.91. The summed E-state index contributed by atoms with van der Waals surface area (Å²) < 4.78 is 36.7. The van der Waals surface area contributed by atoms with E-state index in [2.05, 4.69) is 0 Å². The zero-order valence-electron chi connectivity index (χ0n) is 15.2. The number of hydrogen-bond acceptors (Lipinski definition) is 5. The lowest BCUT2D eigenvalue weighted by molar-refractivity contribution is -0.0139. The van der Waals surface area contributed by atoms with Crippen LogP contribution in [0.5, 0.6) is 0 Å². The molecular formula is C19H20F2N2O5. The van der Waals surface area contributed by atoms with Crippen LogP contribution in [0.1, 0.15) is 35.7 Å². The first-order valence-corrected chi connectivity index (χ1v) is 9.02. The topological polar surface area (TPSA) is 92.0 Å². The van der Waals surface area contributed by atoms with Gasteiger partial charge in [-0.1, -0.05) is 0 Å². The fraction of sp³-hybridized carbons (Fsp3) is 0.474. The molecule has 1 aliphatic carbocycles. The van der Waals surface area contributed by atoms with E-state index in [1.165, 1.54) is 16.6 Å². The van der Waals surface area contributed by atoms with E-state index in [1.54, 1.807) is 0 Å². The number of aromatic nitrogens is 1. The van der Waals surface area contributed by atoms with Crippen molar-refractivity contribution in [3.63, 3.8) is 0 Å². The molecule has 1 unspecified atom stereocenters. The summed E-state index contributed by atoms with van der Waals surface area (Å²) in [7, 11) is 1.44. The van der Waals surface area contributed by atoms with Crippen LogP contribution >= 0.6 is 0 Å². The summed E-state index contributed by atoms with van der Waals surface area (Å²) in [5.41, 5.74) is -3.07. The maximum Gasteiger partial charge on any atom is 0.341 e. The van der Waals surface area contributed by atoms with Gasteiger partial charge in [-0.25, -0.2) is 13.6 Å². The lowest BCUT2D eigenvalue weighted by atomic mass is 10.1. The molecule has 1 aromatic carbocycles. The highest BCUT2D eigenvalue weighted by Crippen LogP contribution is 2.40. The maximum absolute atomic E-state index is 15.5. The van der Waals surface area contributed by atoms with Gasteiger partial charge in [0.1, 0.15) is 22.7 Å². The number of ether oxygens (including phenoxy) is 1. The molecule has 0 amide bonds. The highest BCUT2D eigenvalue weighted by Gasteiger charge is 2.39. The van der Waals surface area contributed by atoms with Crippen molar-refractivity contribution < 1.29 is 28.5 Å². The Kier molecular flexibility index (Phi) is 4.39. The molecule has 2 aliphatic rings. The molecule has 2 heterocycles. The number of benzene rings is 1. The maximum atomic E-state index is 15.5. The fourth-order valence-corrected chi connectivity index (χ4v) is 3.95. The average molecular weight is 394 g/mol. The minimum absolute atomic E-state index is 0.0128. The molecule has 9 heteroatoms. The Labute approximate surface area is 158 Å². The molecule has 28 heavy (non-hydrogen) atoms. The highest BCUT2D eigenvalue weighted by molar-refractivity contribution is 5.94. The number of nitrogens with zero attached hydrogens (tertiary/aromatic N) is 2. The number of carbonyl (C=O) groups is 1. The smallest absolute Gasteiger partial charge is 0.341 e. The second-order valence-corrected chi connectivity index (χ2v) is 7.56. The fourth-order valence-electron chi connectivity index (χ4n) is 3.95. The van der Waals surface area contributed by atoms with Gasteiger partial charge in [-0.3, -0.25) is 4.79 Å². The third-order valence-electron chi connectivity index (χ3n) is 5.42. The monoisotopic (exact) mass is 394 g/mol. The third-order valence-corrected chi connectivity index (χ3v) is 5.42. The molecular weight excluding hydrogens is 374 g/mol. The first-order chi connectivity index (χ1) is 13.3. The van der Waals surface area contributed by atoms with Crippen LogP contribution < -0.4 is 10.3 Å². The van der Waals surface area contributed by atoms with Crippen LogP contribution in [-0.2, 0) is 4.74 Å². The molecule has 1 aliphatic heterocycles. The summed E-state index contributed by atoms with van der Waals surface area (Å²) in [6, 6.07) is 0.771. The van der Waals surface area contributed by atoms with Crippen molar-refractivity contribution in [2.75, 3.05) is 31.7 Å². The Morgan fingerprint density at radius 3 is 2.71 bits per heavy atom. The molecule has 0 spiro atoms. The second-order valence-electron chi connectivity index (χ2n) is 7.56. The van der Waals surface area contributed by atoms with Crippen LogP contribution in [0.15, 0.2) is 17.1 Å². The molecule has 2 fully saturated rings. The number of methoxy groups -OCH3 is 1. The molecule has 2 aromatic rings. The number of hydrogen-bond donors (Lipinski definition) is 2. The highest BCUT2D eigenvalue weighted by atomic mass is 19.1. The number of halogens is 2. The van der Waals surface area contributed by atoms with Crippen LogP contribution in [-0.4, -0.2) is 53.2 Å². The SMILES string of the molecule is COCC1(O)CCN(c2c(F)cc3c(=O)c(C(=O)O)cn(C4CC4)c3c2F)C1. The first kappa shape index (κ1) is 18.8. The number of aliphatic hydroxyl groups is 1. The van der Waals surface area contributed by atoms with Crippen molar-refractivity contribution in [2.24, 2.45) is 0 Å². The number of β-amino-alcohol motifs (C(OH)–C–C–N with tert-alkyl or cyclic N) is 1. The predicted octanol–water partition coefficient (Wildman–Crippen LogP) is 1.90. The zero-order valence-corrected chi connectivity index (χ0v) is 15.2. The van der Waals surface area contributed by atoms with Crippen LogP contribution in [0.4, 0.5) is 14.5 Å². The van der Waals surface area contributed by atoms with E-state index < -0.39 is 34.2 Å². The molecule has 1 saturated carbocycles. The van der Waals surface area contributed by atoms with Crippen molar-refractivity contribution in [3.05, 3.63) is 39.7 Å². The van der Waals surface area contributed by atoms with Gasteiger partial charge in [0.2, 0.25) is 5.43 Å². The van der Waals surface area contributed by atoms with Crippen molar-refractivity contribution in [2.45, 2.75) is 30.9 Å². The van der Waals surface area contributed by atoms with Gasteiger partial charge in [0.05, 0.1) is 17.5 Å². The van der Waals surface area contributed by atoms with Crippen LogP contribution in [0.25, 0.3) is 10.9 Å². The predicted molar refractivity (Wildman–Crippen MR) is 97.0 cm³/mol. The minimum Gasteiger partial charge on any atom is -0.477 e. The summed E-state index contributed by atoms with van der Waals surface area (Å²) >= 11 is 0. The number of pyridine rings is 1. The van der Waals surface area contributed by atoms with Gasteiger partial charge in [-0.15, -0.1) is 0 Å². The van der Waals surface area contributed by atoms with E-state index in [-0.39, 0.29) is 48.7 Å². The molecule has 150 valence electrons. The first-order valence-electron chi connectivity index (χ1n) is 9.02. The normalized spacial score (nSPS) is 22.2. The number of rotatable bonds is 5. The molecule has 0 bridgehead atoms. The lowest BCUT2D eigenvalue weighted by Crippen LogP contribution is -2.38. The van der Waals surface area contributed by atoms with Crippen LogP contribution in [0, 0.1) is 11.6 Å². The lowest BCUT2D eigenvalue weighted by Gasteiger charge is -2.25. The van der Waals surface area contributed by atoms with Gasteiger partial charge < -0.3 is 24.4 Å². The van der Waals surface area contributed by atoms with Gasteiger partial charge in [0, 0.05) is 32.4 Å². The van der Waals surface area contributed by atoms with Crippen molar-refractivity contribution in [1.29, 1.82) is 0 Å². The van der Waals surface area contributed by atoms with E-state index in [4.69, 9.17) is 4.74 Å². The van der Waals surface area contributed by atoms with Gasteiger partial charge in [-0.2, -0.15) is 0 Å². The second kappa shape index (κ2) is 6.52. The van der Waals surface area contributed by atoms with Crippen LogP contribution in [0.3, 0.4) is 0 Å². The third kappa shape index (κ3) is 2.94.